The molecule has 12 heteroatoms. The lowest BCUT2D eigenvalue weighted by atomic mass is 10.0. The number of likely N-dealkylation sites (tertiary alicyclic amines) is 1. The van der Waals surface area contributed by atoms with Crippen LogP contribution in [-0.4, -0.2) is 63.5 Å². The third-order valence-corrected chi connectivity index (χ3v) is 9.61. The van der Waals surface area contributed by atoms with Gasteiger partial charge in [-0.1, -0.05) is 32.0 Å². The fourth-order valence-electron chi connectivity index (χ4n) is 5.73. The van der Waals surface area contributed by atoms with Crippen LogP contribution in [0.1, 0.15) is 61.6 Å². The summed E-state index contributed by atoms with van der Waals surface area (Å²) >= 11 is 1.03. The SMILES string of the molecule is CC(C)CCN1C(=O)C(CC(=O)N2CCC(N3Cc4ccccc4NC3=O)CC2)SC1c1cc(C(F)(F)F)ccc1F. The molecule has 2 aromatic rings. The van der Waals surface area contributed by atoms with Crippen molar-refractivity contribution in [3.63, 3.8) is 0 Å². The number of piperidine rings is 1. The molecule has 2 fully saturated rings. The van der Waals surface area contributed by atoms with E-state index in [9.17, 15) is 31.9 Å². The van der Waals surface area contributed by atoms with E-state index in [2.05, 4.69) is 5.32 Å². The number of carbonyl (C=O) groups excluding carboxylic acids is 3. The highest BCUT2D eigenvalue weighted by atomic mass is 32.2. The predicted molar refractivity (Wildman–Crippen MR) is 152 cm³/mol. The number of anilines is 1. The Morgan fingerprint density at radius 2 is 1.81 bits per heavy atom. The minimum Gasteiger partial charge on any atom is -0.342 e. The lowest BCUT2D eigenvalue weighted by molar-refractivity contribution is -0.138. The molecule has 4 amide bonds. The van der Waals surface area contributed by atoms with E-state index in [1.165, 1.54) is 4.90 Å². The van der Waals surface area contributed by atoms with Gasteiger partial charge in [-0.3, -0.25) is 9.59 Å². The second kappa shape index (κ2) is 12.1. The number of benzene rings is 2. The van der Waals surface area contributed by atoms with Gasteiger partial charge in [-0.25, -0.2) is 9.18 Å². The monoisotopic (exact) mass is 606 g/mol. The van der Waals surface area contributed by atoms with E-state index in [1.807, 2.05) is 38.1 Å². The van der Waals surface area contributed by atoms with Gasteiger partial charge in [0.25, 0.3) is 0 Å². The molecule has 0 spiro atoms. The first-order chi connectivity index (χ1) is 19.9. The molecule has 0 saturated carbocycles. The Labute approximate surface area is 246 Å². The van der Waals surface area contributed by atoms with Crippen molar-refractivity contribution in [2.75, 3.05) is 25.0 Å². The van der Waals surface area contributed by atoms with Crippen molar-refractivity contribution in [2.24, 2.45) is 5.92 Å². The number of urea groups is 1. The Morgan fingerprint density at radius 1 is 1.10 bits per heavy atom. The van der Waals surface area contributed by atoms with Crippen molar-refractivity contribution < 1.29 is 31.9 Å². The first-order valence-corrected chi connectivity index (χ1v) is 15.1. The van der Waals surface area contributed by atoms with E-state index in [0.717, 1.165) is 35.1 Å². The molecule has 0 aromatic heterocycles. The maximum Gasteiger partial charge on any atom is 0.416 e. The highest BCUT2D eigenvalue weighted by Crippen LogP contribution is 2.46. The van der Waals surface area contributed by atoms with Gasteiger partial charge < -0.3 is 20.0 Å². The molecule has 5 rings (SSSR count). The quantitative estimate of drug-likeness (QED) is 0.378. The summed E-state index contributed by atoms with van der Waals surface area (Å²) in [7, 11) is 0. The lowest BCUT2D eigenvalue weighted by Gasteiger charge is -2.40. The van der Waals surface area contributed by atoms with E-state index in [0.29, 0.717) is 45.0 Å². The van der Waals surface area contributed by atoms with E-state index < -0.39 is 28.2 Å². The van der Waals surface area contributed by atoms with Crippen LogP contribution in [0, 0.1) is 11.7 Å². The maximum absolute atomic E-state index is 14.9. The molecular formula is C30H34F4N4O3S. The van der Waals surface area contributed by atoms with Gasteiger partial charge in [0.2, 0.25) is 11.8 Å². The Kier molecular flexibility index (Phi) is 8.73. The fourth-order valence-corrected chi connectivity index (χ4v) is 7.22. The highest BCUT2D eigenvalue weighted by molar-refractivity contribution is 8.01. The molecule has 2 unspecified atom stereocenters. The van der Waals surface area contributed by atoms with Crippen LogP contribution in [0.2, 0.25) is 0 Å². The van der Waals surface area contributed by atoms with Gasteiger partial charge in [0.15, 0.2) is 0 Å². The highest BCUT2D eigenvalue weighted by Gasteiger charge is 2.44. The Hall–Kier alpha value is -3.28. The number of nitrogens with zero attached hydrogens (tertiary/aromatic N) is 3. The summed E-state index contributed by atoms with van der Waals surface area (Å²) in [5, 5.41) is 1.14. The van der Waals surface area contributed by atoms with Crippen LogP contribution >= 0.6 is 11.8 Å². The molecular weight excluding hydrogens is 572 g/mol. The molecule has 3 aliphatic rings. The summed E-state index contributed by atoms with van der Waals surface area (Å²) in [6.07, 6.45) is -3.01. The summed E-state index contributed by atoms with van der Waals surface area (Å²) < 4.78 is 55.1. The average molecular weight is 607 g/mol. The van der Waals surface area contributed by atoms with Gasteiger partial charge in [0, 0.05) is 49.9 Å². The Balaban J connectivity index is 1.24. The normalized spacial score (nSPS) is 21.6. The lowest BCUT2D eigenvalue weighted by Crippen LogP contribution is -2.51. The summed E-state index contributed by atoms with van der Waals surface area (Å²) in [4.78, 5) is 44.4. The van der Waals surface area contributed by atoms with Crippen molar-refractivity contribution >= 4 is 35.3 Å². The summed E-state index contributed by atoms with van der Waals surface area (Å²) in [5.41, 5.74) is 0.644. The van der Waals surface area contributed by atoms with Crippen LogP contribution in [0.5, 0.6) is 0 Å². The zero-order valence-electron chi connectivity index (χ0n) is 23.5. The summed E-state index contributed by atoms with van der Waals surface area (Å²) in [6.45, 7) is 5.51. The van der Waals surface area contributed by atoms with E-state index in [4.69, 9.17) is 0 Å². The molecule has 2 aromatic carbocycles. The van der Waals surface area contributed by atoms with Crippen molar-refractivity contribution in [3.8, 4) is 0 Å². The molecule has 3 aliphatic heterocycles. The molecule has 226 valence electrons. The zero-order valence-corrected chi connectivity index (χ0v) is 24.3. The third kappa shape index (κ3) is 6.38. The van der Waals surface area contributed by atoms with Gasteiger partial charge in [0.05, 0.1) is 10.8 Å². The molecule has 0 bridgehead atoms. The maximum atomic E-state index is 14.9. The van der Waals surface area contributed by atoms with Crippen LogP contribution < -0.4 is 5.32 Å². The average Bonchev–Trinajstić information content (AvgIpc) is 3.25. The van der Waals surface area contributed by atoms with Crippen molar-refractivity contribution in [1.29, 1.82) is 0 Å². The van der Waals surface area contributed by atoms with Crippen LogP contribution in [0.3, 0.4) is 0 Å². The minimum atomic E-state index is -4.65. The number of halogens is 4. The van der Waals surface area contributed by atoms with Gasteiger partial charge in [-0.05, 0) is 55.0 Å². The molecule has 0 radical (unpaired) electrons. The van der Waals surface area contributed by atoms with Crippen molar-refractivity contribution in [3.05, 3.63) is 65.0 Å². The standard InChI is InChI=1S/C30H34F4N4O3S/c1-18(2)9-14-37-27(40)25(42-28(37)22-15-20(30(32,33)34)7-8-23(22)31)16-26(39)36-12-10-21(11-13-36)38-17-19-5-3-4-6-24(19)35-29(38)41/h3-8,15,18,21,25,28H,9-14,16-17H2,1-2H3,(H,35,41). The fraction of sp³-hybridized carbons (Fsp3) is 0.500. The summed E-state index contributed by atoms with van der Waals surface area (Å²) in [6, 6.07) is 9.67. The number of para-hydroxylation sites is 1. The van der Waals surface area contributed by atoms with Crippen LogP contribution in [-0.2, 0) is 22.3 Å². The van der Waals surface area contributed by atoms with Crippen LogP contribution in [0.25, 0.3) is 0 Å². The van der Waals surface area contributed by atoms with Gasteiger partial charge in [-0.2, -0.15) is 13.2 Å². The van der Waals surface area contributed by atoms with Crippen LogP contribution in [0.4, 0.5) is 28.0 Å². The Bertz CT molecular complexity index is 1350. The molecule has 3 heterocycles. The number of rotatable bonds is 7. The number of thioether (sulfide) groups is 1. The van der Waals surface area contributed by atoms with E-state index >= 15 is 0 Å². The second-order valence-corrected chi connectivity index (χ2v) is 12.7. The number of fused-ring (bicyclic) bond motifs is 1. The molecule has 1 N–H and O–H groups in total. The van der Waals surface area contributed by atoms with Crippen molar-refractivity contribution in [2.45, 2.75) is 68.9 Å². The third-order valence-electron chi connectivity index (χ3n) is 8.15. The second-order valence-electron chi connectivity index (χ2n) is 11.5. The predicted octanol–water partition coefficient (Wildman–Crippen LogP) is 6.26. The van der Waals surface area contributed by atoms with Gasteiger partial charge in [0.1, 0.15) is 11.2 Å². The topological polar surface area (TPSA) is 73.0 Å². The first-order valence-electron chi connectivity index (χ1n) is 14.2. The minimum absolute atomic E-state index is 0.0373. The molecule has 7 nitrogen and oxygen atoms in total. The van der Waals surface area contributed by atoms with E-state index in [-0.39, 0.29) is 48.3 Å². The number of alkyl halides is 3. The molecule has 2 saturated heterocycles. The van der Waals surface area contributed by atoms with Gasteiger partial charge >= 0.3 is 12.2 Å². The smallest absolute Gasteiger partial charge is 0.342 e. The van der Waals surface area contributed by atoms with E-state index in [1.54, 1.807) is 9.80 Å². The van der Waals surface area contributed by atoms with Gasteiger partial charge in [-0.15, -0.1) is 11.8 Å². The zero-order chi connectivity index (χ0) is 30.2. The summed E-state index contributed by atoms with van der Waals surface area (Å²) in [5.74, 6) is -1.20. The van der Waals surface area contributed by atoms with Crippen LogP contribution in [0.15, 0.2) is 42.5 Å². The largest absolute Gasteiger partial charge is 0.416 e. The number of hydrogen-bond acceptors (Lipinski definition) is 4. The number of hydrogen-bond donors (Lipinski definition) is 1. The van der Waals surface area contributed by atoms with Crippen molar-refractivity contribution in [1.82, 2.24) is 14.7 Å². The molecule has 42 heavy (non-hydrogen) atoms. The number of carbonyl (C=O) groups is 3. The number of amides is 4. The number of nitrogens with one attached hydrogen (secondary N) is 1. The first kappa shape index (κ1) is 30.2. The molecule has 0 aliphatic carbocycles. The molecule has 2 atom stereocenters. The Morgan fingerprint density at radius 3 is 2.50 bits per heavy atom.